The van der Waals surface area contributed by atoms with E-state index in [2.05, 4.69) is 4.74 Å². The molecule has 0 saturated carbocycles. The van der Waals surface area contributed by atoms with Gasteiger partial charge in [0.15, 0.2) is 0 Å². The van der Waals surface area contributed by atoms with Gasteiger partial charge in [0.2, 0.25) is 0 Å². The standard InChI is InChI=1S/C6H15NO3.C4H11NO.C4H10O3/c8-4-1-7(2-5-9)3-6-10;1-3-5(6)4-2;5-1-3-7-4-2-6/h8-10H,1-6H2;6H,3-4H2,1-2H3;5-6H,1-4H2. The van der Waals surface area contributed by atoms with Crippen molar-refractivity contribution in [3.8, 4) is 0 Å². The normalized spacial score (nSPS) is 10.2. The maximum atomic E-state index is 8.50. The fourth-order valence-electron chi connectivity index (χ4n) is 1.21. The Hall–Kier alpha value is -0.360. The third kappa shape index (κ3) is 30.1. The summed E-state index contributed by atoms with van der Waals surface area (Å²) in [6.45, 7) is 7.70. The smallest absolute Gasteiger partial charge is 0.0698 e. The molecule has 144 valence electrons. The van der Waals surface area contributed by atoms with E-state index in [0.29, 0.717) is 32.8 Å². The van der Waals surface area contributed by atoms with Crippen LogP contribution in [0.3, 0.4) is 0 Å². The first-order valence-electron chi connectivity index (χ1n) is 7.85. The second kappa shape index (κ2) is 26.5. The zero-order chi connectivity index (χ0) is 18.3. The minimum Gasteiger partial charge on any atom is -0.395 e. The highest BCUT2D eigenvalue weighted by molar-refractivity contribution is 4.54. The molecule has 0 aromatic rings. The van der Waals surface area contributed by atoms with E-state index in [1.54, 1.807) is 4.90 Å². The van der Waals surface area contributed by atoms with Crippen LogP contribution in [0.25, 0.3) is 0 Å². The van der Waals surface area contributed by atoms with Gasteiger partial charge in [0, 0.05) is 32.7 Å². The van der Waals surface area contributed by atoms with Gasteiger partial charge >= 0.3 is 0 Å². The minimum atomic E-state index is 0.0278. The van der Waals surface area contributed by atoms with Crippen molar-refractivity contribution in [1.82, 2.24) is 9.96 Å². The van der Waals surface area contributed by atoms with Crippen molar-refractivity contribution in [2.75, 3.05) is 79.0 Å². The molecule has 0 aliphatic carbocycles. The van der Waals surface area contributed by atoms with Crippen LogP contribution in [-0.2, 0) is 4.74 Å². The lowest BCUT2D eigenvalue weighted by Crippen LogP contribution is -2.32. The number of aliphatic hydroxyl groups is 5. The highest BCUT2D eigenvalue weighted by Crippen LogP contribution is 1.84. The molecule has 0 heterocycles. The molecule has 0 amide bonds. The topological polar surface area (TPSA) is 137 Å². The first-order valence-corrected chi connectivity index (χ1v) is 7.85. The van der Waals surface area contributed by atoms with Crippen molar-refractivity contribution in [2.45, 2.75) is 13.8 Å². The van der Waals surface area contributed by atoms with Crippen molar-refractivity contribution in [3.63, 3.8) is 0 Å². The van der Waals surface area contributed by atoms with Crippen LogP contribution in [0.2, 0.25) is 0 Å². The number of hydroxylamine groups is 2. The van der Waals surface area contributed by atoms with Crippen LogP contribution in [0.15, 0.2) is 0 Å². The van der Waals surface area contributed by atoms with Crippen molar-refractivity contribution in [1.29, 1.82) is 0 Å². The van der Waals surface area contributed by atoms with Gasteiger partial charge in [0.1, 0.15) is 0 Å². The van der Waals surface area contributed by atoms with E-state index in [-0.39, 0.29) is 33.0 Å². The van der Waals surface area contributed by atoms with Crippen molar-refractivity contribution in [3.05, 3.63) is 0 Å². The Bertz CT molecular complexity index is 168. The lowest BCUT2D eigenvalue weighted by molar-refractivity contribution is -0.0813. The lowest BCUT2D eigenvalue weighted by atomic mass is 10.4. The molecule has 0 saturated heterocycles. The highest BCUT2D eigenvalue weighted by Gasteiger charge is 2.00. The molecule has 0 unspecified atom stereocenters. The van der Waals surface area contributed by atoms with Gasteiger partial charge in [-0.3, -0.25) is 4.90 Å². The zero-order valence-corrected chi connectivity index (χ0v) is 14.5. The maximum Gasteiger partial charge on any atom is 0.0698 e. The highest BCUT2D eigenvalue weighted by atomic mass is 16.5. The molecule has 0 atom stereocenters. The fraction of sp³-hybridized carbons (Fsp3) is 1.00. The van der Waals surface area contributed by atoms with Crippen LogP contribution in [0, 0.1) is 0 Å². The molecule has 9 heteroatoms. The van der Waals surface area contributed by atoms with Crippen LogP contribution in [-0.4, -0.2) is 120 Å². The number of rotatable bonds is 12. The average Bonchev–Trinajstić information content (AvgIpc) is 2.56. The van der Waals surface area contributed by atoms with E-state index in [9.17, 15) is 0 Å². The Morgan fingerprint density at radius 3 is 1.17 bits per heavy atom. The molecular formula is C14H36N2O7. The summed E-state index contributed by atoms with van der Waals surface area (Å²) in [7, 11) is 0. The van der Waals surface area contributed by atoms with Gasteiger partial charge in [-0.05, 0) is 0 Å². The summed E-state index contributed by atoms with van der Waals surface area (Å²) in [4.78, 5) is 1.79. The molecule has 0 aliphatic rings. The number of ether oxygens (including phenoxy) is 1. The van der Waals surface area contributed by atoms with Gasteiger partial charge in [-0.1, -0.05) is 13.8 Å². The van der Waals surface area contributed by atoms with Crippen molar-refractivity contribution in [2.24, 2.45) is 0 Å². The van der Waals surface area contributed by atoms with E-state index in [1.807, 2.05) is 13.8 Å². The van der Waals surface area contributed by atoms with Gasteiger partial charge in [0.05, 0.1) is 46.2 Å². The summed E-state index contributed by atoms with van der Waals surface area (Å²) >= 11 is 0. The number of aliphatic hydroxyl groups excluding tert-OH is 5. The molecular weight excluding hydrogens is 308 g/mol. The molecule has 6 N–H and O–H groups in total. The lowest BCUT2D eigenvalue weighted by Gasteiger charge is -2.17. The Morgan fingerprint density at radius 2 is 1.00 bits per heavy atom. The summed E-state index contributed by atoms with van der Waals surface area (Å²) in [5, 5.41) is 51.4. The first kappa shape index (κ1) is 27.5. The first-order chi connectivity index (χ1) is 11.1. The van der Waals surface area contributed by atoms with Gasteiger partial charge in [0.25, 0.3) is 0 Å². The van der Waals surface area contributed by atoms with Crippen LogP contribution in [0.1, 0.15) is 13.8 Å². The molecule has 0 aromatic heterocycles. The molecule has 0 radical (unpaired) electrons. The largest absolute Gasteiger partial charge is 0.395 e. The summed E-state index contributed by atoms with van der Waals surface area (Å²) in [6.07, 6.45) is 0. The van der Waals surface area contributed by atoms with Gasteiger partial charge in [-0.15, -0.1) is 0 Å². The van der Waals surface area contributed by atoms with Gasteiger partial charge in [-0.2, -0.15) is 5.06 Å². The van der Waals surface area contributed by atoms with Gasteiger partial charge < -0.3 is 35.5 Å². The Balaban J connectivity index is -0.000000272. The summed E-state index contributed by atoms with van der Waals surface area (Å²) < 4.78 is 4.63. The van der Waals surface area contributed by atoms with Crippen molar-refractivity contribution >= 4 is 0 Å². The second-order valence-electron chi connectivity index (χ2n) is 4.21. The Morgan fingerprint density at radius 1 is 0.652 bits per heavy atom. The second-order valence-corrected chi connectivity index (χ2v) is 4.21. The van der Waals surface area contributed by atoms with E-state index in [0.717, 1.165) is 13.1 Å². The fourth-order valence-corrected chi connectivity index (χ4v) is 1.21. The molecule has 23 heavy (non-hydrogen) atoms. The van der Waals surface area contributed by atoms with E-state index < -0.39 is 0 Å². The average molecular weight is 344 g/mol. The zero-order valence-electron chi connectivity index (χ0n) is 14.5. The molecule has 0 rings (SSSR count). The van der Waals surface area contributed by atoms with E-state index >= 15 is 0 Å². The number of hydrogen-bond acceptors (Lipinski definition) is 9. The monoisotopic (exact) mass is 344 g/mol. The molecule has 0 spiro atoms. The molecule has 0 bridgehead atoms. The molecule has 0 aliphatic heterocycles. The van der Waals surface area contributed by atoms with Crippen LogP contribution < -0.4 is 0 Å². The molecule has 0 fully saturated rings. The maximum absolute atomic E-state index is 8.50. The minimum absolute atomic E-state index is 0.0278. The molecule has 9 nitrogen and oxygen atoms in total. The summed E-state index contributed by atoms with van der Waals surface area (Å²) in [6, 6.07) is 0. The molecule has 0 aromatic carbocycles. The van der Waals surface area contributed by atoms with Gasteiger partial charge in [-0.25, -0.2) is 0 Å². The Kier molecular flexibility index (Phi) is 31.7. The van der Waals surface area contributed by atoms with Crippen LogP contribution in [0.4, 0.5) is 0 Å². The number of nitrogens with zero attached hydrogens (tertiary/aromatic N) is 2. The summed E-state index contributed by atoms with van der Waals surface area (Å²) in [5.41, 5.74) is 0. The predicted octanol–water partition coefficient (Wildman–Crippen LogP) is -2.03. The quantitative estimate of drug-likeness (QED) is 0.175. The third-order valence-electron chi connectivity index (χ3n) is 2.45. The van der Waals surface area contributed by atoms with Crippen LogP contribution in [0.5, 0.6) is 0 Å². The van der Waals surface area contributed by atoms with Crippen molar-refractivity contribution < 1.29 is 35.5 Å². The third-order valence-corrected chi connectivity index (χ3v) is 2.45. The predicted molar refractivity (Wildman–Crippen MR) is 87.4 cm³/mol. The number of hydrogen-bond donors (Lipinski definition) is 6. The SMILES string of the molecule is CCN(O)CC.OCCN(CCO)CCO.OCCOCCO. The summed E-state index contributed by atoms with van der Waals surface area (Å²) in [5.74, 6) is 0. The Labute approximate surface area is 139 Å². The van der Waals surface area contributed by atoms with Crippen LogP contribution >= 0.6 is 0 Å². The van der Waals surface area contributed by atoms with E-state index in [4.69, 9.17) is 30.7 Å². The van der Waals surface area contributed by atoms with E-state index in [1.165, 1.54) is 5.06 Å².